The Labute approximate surface area is 85.5 Å². The minimum absolute atomic E-state index is 0. The first-order valence-electron chi connectivity index (χ1n) is 4.89. The van der Waals surface area contributed by atoms with Crippen LogP contribution in [0, 0.1) is 11.8 Å². The third-order valence-corrected chi connectivity index (χ3v) is 2.88. The van der Waals surface area contributed by atoms with E-state index in [0.29, 0.717) is 18.4 Å². The van der Waals surface area contributed by atoms with E-state index in [1.807, 2.05) is 6.92 Å². The van der Waals surface area contributed by atoms with Gasteiger partial charge in [-0.25, -0.2) is 0 Å². The standard InChI is InChI=1S/C10H15NO2.CH4/c1-2-13-10(12)9-8-5-3-4-7(8)6-11-9;/h3-4,7-9,11H,2,5-6H2,1H3;1H4/t7-,8-,9?;/m0./s1. The summed E-state index contributed by atoms with van der Waals surface area (Å²) in [6.45, 7) is 3.24. The van der Waals surface area contributed by atoms with Gasteiger partial charge in [0, 0.05) is 6.54 Å². The summed E-state index contributed by atoms with van der Waals surface area (Å²) in [5.41, 5.74) is 0. The molecular weight excluding hydrogens is 178 g/mol. The molecule has 1 heterocycles. The zero-order valence-corrected chi connectivity index (χ0v) is 7.82. The van der Waals surface area contributed by atoms with Gasteiger partial charge in [-0.1, -0.05) is 19.6 Å². The van der Waals surface area contributed by atoms with E-state index in [0.717, 1.165) is 13.0 Å². The second-order valence-electron chi connectivity index (χ2n) is 3.63. The minimum Gasteiger partial charge on any atom is -0.465 e. The van der Waals surface area contributed by atoms with Crippen molar-refractivity contribution < 1.29 is 9.53 Å². The van der Waals surface area contributed by atoms with Gasteiger partial charge >= 0.3 is 5.97 Å². The third-order valence-electron chi connectivity index (χ3n) is 2.88. The van der Waals surface area contributed by atoms with E-state index in [9.17, 15) is 4.79 Å². The molecule has 0 radical (unpaired) electrons. The van der Waals surface area contributed by atoms with Crippen molar-refractivity contribution in [3.05, 3.63) is 12.2 Å². The second kappa shape index (κ2) is 4.60. The highest BCUT2D eigenvalue weighted by Crippen LogP contribution is 2.32. The van der Waals surface area contributed by atoms with E-state index in [1.54, 1.807) is 0 Å². The molecule has 1 saturated heterocycles. The lowest BCUT2D eigenvalue weighted by Crippen LogP contribution is -2.37. The fraction of sp³-hybridized carbons (Fsp3) is 0.727. The number of carbonyl (C=O) groups is 1. The average Bonchev–Trinajstić information content (AvgIpc) is 2.62. The van der Waals surface area contributed by atoms with Gasteiger partial charge in [0.15, 0.2) is 0 Å². The van der Waals surface area contributed by atoms with Gasteiger partial charge in [-0.2, -0.15) is 0 Å². The Kier molecular flexibility index (Phi) is 3.69. The first kappa shape index (κ1) is 11.2. The van der Waals surface area contributed by atoms with Gasteiger partial charge in [-0.05, 0) is 25.2 Å². The minimum atomic E-state index is -0.0845. The first-order chi connectivity index (χ1) is 6.33. The molecule has 0 aromatic carbocycles. The van der Waals surface area contributed by atoms with Crippen LogP contribution in [0.1, 0.15) is 20.8 Å². The SMILES string of the molecule is C.CCOC(=O)C1NC[C@@H]2C=CC[C@H]12. The predicted molar refractivity (Wildman–Crippen MR) is 55.9 cm³/mol. The van der Waals surface area contributed by atoms with Crippen molar-refractivity contribution in [1.82, 2.24) is 5.32 Å². The van der Waals surface area contributed by atoms with E-state index in [-0.39, 0.29) is 19.4 Å². The van der Waals surface area contributed by atoms with E-state index < -0.39 is 0 Å². The van der Waals surface area contributed by atoms with Crippen LogP contribution in [-0.4, -0.2) is 25.2 Å². The monoisotopic (exact) mass is 197 g/mol. The van der Waals surface area contributed by atoms with Crippen LogP contribution in [0.3, 0.4) is 0 Å². The molecule has 1 aliphatic carbocycles. The summed E-state index contributed by atoms with van der Waals surface area (Å²) in [5.74, 6) is 0.909. The molecule has 14 heavy (non-hydrogen) atoms. The van der Waals surface area contributed by atoms with Crippen molar-refractivity contribution >= 4 is 5.97 Å². The number of esters is 1. The summed E-state index contributed by atoms with van der Waals surface area (Å²) >= 11 is 0. The Balaban J connectivity index is 0.000000980. The molecule has 1 N–H and O–H groups in total. The molecule has 0 spiro atoms. The molecule has 3 heteroatoms. The number of fused-ring (bicyclic) bond motifs is 1. The van der Waals surface area contributed by atoms with Crippen molar-refractivity contribution in [3.63, 3.8) is 0 Å². The summed E-state index contributed by atoms with van der Waals surface area (Å²) in [6, 6.07) is -0.0695. The molecule has 1 aliphatic heterocycles. The Bertz CT molecular complexity index is 237. The normalized spacial score (nSPS) is 33.6. The molecule has 3 nitrogen and oxygen atoms in total. The van der Waals surface area contributed by atoms with Crippen molar-refractivity contribution in [2.75, 3.05) is 13.2 Å². The van der Waals surface area contributed by atoms with Gasteiger partial charge in [-0.15, -0.1) is 0 Å². The topological polar surface area (TPSA) is 38.3 Å². The number of carbonyl (C=O) groups excluding carboxylic acids is 1. The van der Waals surface area contributed by atoms with E-state index in [1.165, 1.54) is 0 Å². The highest BCUT2D eigenvalue weighted by Gasteiger charge is 2.40. The number of nitrogens with one attached hydrogen (secondary N) is 1. The number of hydrogen-bond donors (Lipinski definition) is 1. The molecule has 1 unspecified atom stereocenters. The van der Waals surface area contributed by atoms with Gasteiger partial charge in [-0.3, -0.25) is 4.79 Å². The summed E-state index contributed by atoms with van der Waals surface area (Å²) < 4.78 is 5.00. The molecular formula is C11H19NO2. The molecule has 0 saturated carbocycles. The first-order valence-corrected chi connectivity index (χ1v) is 4.89. The maximum Gasteiger partial charge on any atom is 0.323 e. The maximum absolute atomic E-state index is 11.5. The average molecular weight is 197 g/mol. The van der Waals surface area contributed by atoms with Gasteiger partial charge < -0.3 is 10.1 Å². The molecule has 0 aromatic heterocycles. The number of allylic oxidation sites excluding steroid dienone is 1. The number of ether oxygens (including phenoxy) is 1. The van der Waals surface area contributed by atoms with Crippen LogP contribution in [0.25, 0.3) is 0 Å². The highest BCUT2D eigenvalue weighted by molar-refractivity contribution is 5.77. The van der Waals surface area contributed by atoms with Crippen LogP contribution in [0.2, 0.25) is 0 Å². The smallest absolute Gasteiger partial charge is 0.323 e. The molecule has 0 amide bonds. The largest absolute Gasteiger partial charge is 0.465 e. The molecule has 80 valence electrons. The van der Waals surface area contributed by atoms with Crippen LogP contribution in [0.5, 0.6) is 0 Å². The van der Waals surface area contributed by atoms with Crippen molar-refractivity contribution in [1.29, 1.82) is 0 Å². The summed E-state index contributed by atoms with van der Waals surface area (Å²) in [5, 5.41) is 3.22. The molecule has 0 bridgehead atoms. The Hall–Kier alpha value is -0.830. The molecule has 1 fully saturated rings. The van der Waals surface area contributed by atoms with Gasteiger partial charge in [0.2, 0.25) is 0 Å². The fourth-order valence-corrected chi connectivity index (χ4v) is 2.24. The molecule has 3 atom stereocenters. The molecule has 2 rings (SSSR count). The van der Waals surface area contributed by atoms with Crippen LogP contribution in [0.15, 0.2) is 12.2 Å². The Morgan fingerprint density at radius 3 is 3.14 bits per heavy atom. The van der Waals surface area contributed by atoms with Crippen LogP contribution in [0.4, 0.5) is 0 Å². The fourth-order valence-electron chi connectivity index (χ4n) is 2.24. The molecule has 0 aromatic rings. The summed E-state index contributed by atoms with van der Waals surface area (Å²) in [7, 11) is 0. The lowest BCUT2D eigenvalue weighted by molar-refractivity contribution is -0.146. The number of rotatable bonds is 2. The summed E-state index contributed by atoms with van der Waals surface area (Å²) in [4.78, 5) is 11.5. The van der Waals surface area contributed by atoms with Crippen LogP contribution < -0.4 is 5.32 Å². The van der Waals surface area contributed by atoms with E-state index >= 15 is 0 Å². The second-order valence-corrected chi connectivity index (χ2v) is 3.63. The predicted octanol–water partition coefficient (Wildman–Crippen LogP) is 1.35. The molecule has 2 aliphatic rings. The number of hydrogen-bond acceptors (Lipinski definition) is 3. The van der Waals surface area contributed by atoms with Crippen LogP contribution >= 0.6 is 0 Å². The Morgan fingerprint density at radius 2 is 2.43 bits per heavy atom. The third kappa shape index (κ3) is 1.82. The van der Waals surface area contributed by atoms with Crippen molar-refractivity contribution in [3.8, 4) is 0 Å². The quantitative estimate of drug-likeness (QED) is 0.536. The highest BCUT2D eigenvalue weighted by atomic mass is 16.5. The lowest BCUT2D eigenvalue weighted by atomic mass is 9.93. The van der Waals surface area contributed by atoms with Gasteiger partial charge in [0.05, 0.1) is 6.61 Å². The Morgan fingerprint density at radius 1 is 1.64 bits per heavy atom. The maximum atomic E-state index is 11.5. The zero-order valence-electron chi connectivity index (χ0n) is 7.82. The zero-order chi connectivity index (χ0) is 9.26. The van der Waals surface area contributed by atoms with E-state index in [2.05, 4.69) is 17.5 Å². The van der Waals surface area contributed by atoms with E-state index in [4.69, 9.17) is 4.74 Å². The van der Waals surface area contributed by atoms with Gasteiger partial charge in [0.1, 0.15) is 6.04 Å². The van der Waals surface area contributed by atoms with Crippen molar-refractivity contribution in [2.45, 2.75) is 26.8 Å². The van der Waals surface area contributed by atoms with Crippen LogP contribution in [-0.2, 0) is 9.53 Å². The van der Waals surface area contributed by atoms with Crippen molar-refractivity contribution in [2.24, 2.45) is 11.8 Å². The lowest BCUT2D eigenvalue weighted by Gasteiger charge is -2.15. The summed E-state index contributed by atoms with van der Waals surface area (Å²) in [6.07, 6.45) is 5.39. The van der Waals surface area contributed by atoms with Gasteiger partial charge in [0.25, 0.3) is 0 Å².